The van der Waals surface area contributed by atoms with Crippen LogP contribution in [0.4, 0.5) is 5.69 Å². The number of aliphatic carboxylic acids is 1. The molecule has 1 spiro atoms. The van der Waals surface area contributed by atoms with Crippen LogP contribution in [0.3, 0.4) is 0 Å². The number of halogens is 2. The van der Waals surface area contributed by atoms with Gasteiger partial charge in [-0.15, -0.1) is 0 Å². The highest BCUT2D eigenvalue weighted by Crippen LogP contribution is 2.50. The Morgan fingerprint density at radius 3 is 2.47 bits per heavy atom. The number of rotatable bonds is 4. The number of hydrogen-bond donors (Lipinski definition) is 1. The SMILES string of the molecule is CC(C(=O)O)N1C(=O)C2(CC(=O)N(Cc3cccc(Cl)c3)C2=O)c2cc(Cl)ccc21. The van der Waals surface area contributed by atoms with Gasteiger partial charge in [0.25, 0.3) is 0 Å². The molecular formula is C21H16Cl2N2O5. The topological polar surface area (TPSA) is 95.0 Å². The Labute approximate surface area is 181 Å². The monoisotopic (exact) mass is 446 g/mol. The van der Waals surface area contributed by atoms with Gasteiger partial charge >= 0.3 is 5.97 Å². The van der Waals surface area contributed by atoms with Crippen LogP contribution in [0, 0.1) is 0 Å². The standard InChI is InChI=1S/C21H16Cl2N2O5/c1-11(18(27)28)25-16-6-5-14(23)8-15(16)21(20(25)30)9-17(26)24(19(21)29)10-12-3-2-4-13(22)7-12/h2-8,11H,9-10H2,1H3,(H,27,28). The van der Waals surface area contributed by atoms with Gasteiger partial charge in [-0.25, -0.2) is 4.79 Å². The van der Waals surface area contributed by atoms with Crippen LogP contribution in [-0.4, -0.2) is 39.7 Å². The Morgan fingerprint density at radius 1 is 1.10 bits per heavy atom. The first-order valence-corrected chi connectivity index (χ1v) is 9.88. The zero-order valence-corrected chi connectivity index (χ0v) is 17.3. The molecule has 154 valence electrons. The lowest BCUT2D eigenvalue weighted by molar-refractivity contribution is -0.144. The first kappa shape index (κ1) is 20.4. The van der Waals surface area contributed by atoms with E-state index in [0.717, 1.165) is 9.80 Å². The van der Waals surface area contributed by atoms with Crippen molar-refractivity contribution in [1.29, 1.82) is 0 Å². The Morgan fingerprint density at radius 2 is 1.80 bits per heavy atom. The van der Waals surface area contributed by atoms with Crippen molar-refractivity contribution in [2.75, 3.05) is 4.90 Å². The molecule has 3 amide bonds. The number of hydrogen-bond acceptors (Lipinski definition) is 4. The van der Waals surface area contributed by atoms with Crippen molar-refractivity contribution in [3.8, 4) is 0 Å². The fraction of sp³-hybridized carbons (Fsp3) is 0.238. The molecule has 0 aliphatic carbocycles. The van der Waals surface area contributed by atoms with E-state index in [1.54, 1.807) is 24.3 Å². The van der Waals surface area contributed by atoms with Gasteiger partial charge in [-0.1, -0.05) is 35.3 Å². The molecule has 2 aromatic carbocycles. The van der Waals surface area contributed by atoms with Crippen molar-refractivity contribution in [2.24, 2.45) is 0 Å². The normalized spacial score (nSPS) is 21.5. The van der Waals surface area contributed by atoms with Gasteiger partial charge in [-0.2, -0.15) is 0 Å². The highest BCUT2D eigenvalue weighted by Gasteiger charge is 2.64. The molecule has 0 radical (unpaired) electrons. The largest absolute Gasteiger partial charge is 0.480 e. The molecule has 7 nitrogen and oxygen atoms in total. The average molecular weight is 447 g/mol. The molecule has 1 fully saturated rings. The second-order valence-electron chi connectivity index (χ2n) is 7.35. The zero-order valence-electron chi connectivity index (χ0n) is 15.8. The summed E-state index contributed by atoms with van der Waals surface area (Å²) in [5, 5.41) is 10.2. The van der Waals surface area contributed by atoms with E-state index in [1.807, 2.05) is 0 Å². The summed E-state index contributed by atoms with van der Waals surface area (Å²) < 4.78 is 0. The minimum atomic E-state index is -1.82. The summed E-state index contributed by atoms with van der Waals surface area (Å²) >= 11 is 12.1. The maximum absolute atomic E-state index is 13.5. The lowest BCUT2D eigenvalue weighted by Gasteiger charge is -2.25. The second-order valence-corrected chi connectivity index (χ2v) is 8.22. The van der Waals surface area contributed by atoms with E-state index in [1.165, 1.54) is 25.1 Å². The third kappa shape index (κ3) is 2.88. The van der Waals surface area contributed by atoms with Crippen LogP contribution in [-0.2, 0) is 31.1 Å². The van der Waals surface area contributed by atoms with Crippen molar-refractivity contribution in [2.45, 2.75) is 31.3 Å². The fourth-order valence-electron chi connectivity index (χ4n) is 4.08. The van der Waals surface area contributed by atoms with E-state index in [-0.39, 0.29) is 29.2 Å². The Hall–Kier alpha value is -2.90. The number of amides is 3. The van der Waals surface area contributed by atoms with Crippen LogP contribution in [0.25, 0.3) is 0 Å². The summed E-state index contributed by atoms with van der Waals surface area (Å²) in [5.41, 5.74) is -0.668. The fourth-order valence-corrected chi connectivity index (χ4v) is 4.47. The lowest BCUT2D eigenvalue weighted by Crippen LogP contribution is -2.50. The number of likely N-dealkylation sites (tertiary alicyclic amines) is 1. The van der Waals surface area contributed by atoms with Gasteiger partial charge in [0.1, 0.15) is 6.04 Å². The van der Waals surface area contributed by atoms with Crippen molar-refractivity contribution in [3.63, 3.8) is 0 Å². The van der Waals surface area contributed by atoms with Gasteiger partial charge in [0.2, 0.25) is 17.7 Å². The third-order valence-electron chi connectivity index (χ3n) is 5.56. The Kier molecular flexibility index (Phi) is 4.83. The van der Waals surface area contributed by atoms with Crippen LogP contribution >= 0.6 is 23.2 Å². The third-order valence-corrected chi connectivity index (χ3v) is 6.03. The minimum Gasteiger partial charge on any atom is -0.480 e. The number of benzene rings is 2. The maximum Gasteiger partial charge on any atom is 0.326 e. The molecule has 2 unspecified atom stereocenters. The molecular weight excluding hydrogens is 431 g/mol. The predicted octanol–water partition coefficient (Wildman–Crippen LogP) is 3.01. The maximum atomic E-state index is 13.5. The minimum absolute atomic E-state index is 0.0440. The molecule has 0 bridgehead atoms. The van der Waals surface area contributed by atoms with E-state index in [2.05, 4.69) is 0 Å². The summed E-state index contributed by atoms with van der Waals surface area (Å²) in [6, 6.07) is 9.97. The summed E-state index contributed by atoms with van der Waals surface area (Å²) in [7, 11) is 0. The van der Waals surface area contributed by atoms with Gasteiger partial charge in [-0.05, 0) is 42.8 Å². The number of carbonyl (C=O) groups excluding carboxylic acids is 3. The van der Waals surface area contributed by atoms with Gasteiger partial charge < -0.3 is 5.11 Å². The van der Waals surface area contributed by atoms with E-state index < -0.39 is 35.1 Å². The van der Waals surface area contributed by atoms with Gasteiger partial charge in [0, 0.05) is 21.3 Å². The lowest BCUT2D eigenvalue weighted by atomic mass is 9.80. The molecule has 0 aromatic heterocycles. The highest BCUT2D eigenvalue weighted by atomic mass is 35.5. The molecule has 2 aliphatic heterocycles. The summed E-state index contributed by atoms with van der Waals surface area (Å²) in [5.74, 6) is -3.18. The molecule has 2 atom stereocenters. The number of nitrogens with zero attached hydrogens (tertiary/aromatic N) is 2. The van der Waals surface area contributed by atoms with Crippen molar-refractivity contribution < 1.29 is 24.3 Å². The molecule has 4 rings (SSSR count). The number of fused-ring (bicyclic) bond motifs is 2. The number of anilines is 1. The first-order chi connectivity index (χ1) is 14.2. The van der Waals surface area contributed by atoms with Gasteiger partial charge in [0.05, 0.1) is 13.0 Å². The molecule has 9 heteroatoms. The van der Waals surface area contributed by atoms with E-state index >= 15 is 0 Å². The predicted molar refractivity (Wildman–Crippen MR) is 109 cm³/mol. The second kappa shape index (κ2) is 7.11. The van der Waals surface area contributed by atoms with Crippen LogP contribution < -0.4 is 4.90 Å². The van der Waals surface area contributed by atoms with Crippen LogP contribution in [0.15, 0.2) is 42.5 Å². The number of carboxylic acid groups (broad SMARTS) is 1. The van der Waals surface area contributed by atoms with Crippen molar-refractivity contribution in [3.05, 3.63) is 63.6 Å². The zero-order chi connectivity index (χ0) is 21.8. The van der Waals surface area contributed by atoms with Crippen LogP contribution in [0.1, 0.15) is 24.5 Å². The van der Waals surface area contributed by atoms with Crippen molar-refractivity contribution in [1.82, 2.24) is 4.90 Å². The average Bonchev–Trinajstić information content (AvgIpc) is 3.08. The van der Waals surface area contributed by atoms with E-state index in [9.17, 15) is 24.3 Å². The smallest absolute Gasteiger partial charge is 0.326 e. The number of carboxylic acids is 1. The number of carbonyl (C=O) groups is 4. The van der Waals surface area contributed by atoms with Gasteiger partial charge in [0.15, 0.2) is 5.41 Å². The number of imide groups is 1. The first-order valence-electron chi connectivity index (χ1n) is 9.12. The molecule has 30 heavy (non-hydrogen) atoms. The highest BCUT2D eigenvalue weighted by molar-refractivity contribution is 6.33. The molecule has 2 aliphatic rings. The molecule has 2 heterocycles. The summed E-state index contributed by atoms with van der Waals surface area (Å²) in [6.07, 6.45) is -0.387. The summed E-state index contributed by atoms with van der Waals surface area (Å²) in [4.78, 5) is 53.4. The summed E-state index contributed by atoms with van der Waals surface area (Å²) in [6.45, 7) is 1.31. The Balaban J connectivity index is 1.81. The molecule has 1 saturated heterocycles. The van der Waals surface area contributed by atoms with Gasteiger partial charge in [-0.3, -0.25) is 24.2 Å². The van der Waals surface area contributed by atoms with Crippen LogP contribution in [0.5, 0.6) is 0 Å². The van der Waals surface area contributed by atoms with E-state index in [0.29, 0.717) is 10.6 Å². The van der Waals surface area contributed by atoms with E-state index in [4.69, 9.17) is 23.2 Å². The Bertz CT molecular complexity index is 1120. The van der Waals surface area contributed by atoms with Crippen molar-refractivity contribution >= 4 is 52.6 Å². The quantitative estimate of drug-likeness (QED) is 0.575. The molecule has 0 saturated carbocycles. The molecule has 1 N–H and O–H groups in total. The molecule has 2 aromatic rings. The van der Waals surface area contributed by atoms with Crippen LogP contribution in [0.2, 0.25) is 10.0 Å².